The Morgan fingerprint density at radius 1 is 1.13 bits per heavy atom. The number of alkyl halides is 3. The molecule has 0 radical (unpaired) electrons. The highest BCUT2D eigenvalue weighted by Crippen LogP contribution is 2.30. The monoisotopic (exact) mass is 646 g/mol. The summed E-state index contributed by atoms with van der Waals surface area (Å²) >= 11 is 0. The van der Waals surface area contributed by atoms with E-state index in [2.05, 4.69) is 20.4 Å². The van der Waals surface area contributed by atoms with E-state index in [0.29, 0.717) is 69.4 Å². The lowest BCUT2D eigenvalue weighted by atomic mass is 10.1. The van der Waals surface area contributed by atoms with Crippen LogP contribution >= 0.6 is 0 Å². The Balaban J connectivity index is 1.51. The molecule has 13 nitrogen and oxygen atoms in total. The molecule has 1 saturated heterocycles. The number of nitrogens with zero attached hydrogens (tertiary/aromatic N) is 7. The maximum Gasteiger partial charge on any atom is 0.433 e. The minimum Gasteiger partial charge on any atom is -0.444 e. The first-order valence-electron chi connectivity index (χ1n) is 15.0. The fourth-order valence-corrected chi connectivity index (χ4v) is 5.41. The van der Waals surface area contributed by atoms with Crippen LogP contribution in [0.15, 0.2) is 23.1 Å². The van der Waals surface area contributed by atoms with E-state index < -0.39 is 35.0 Å². The summed E-state index contributed by atoms with van der Waals surface area (Å²) in [5.41, 5.74) is -0.143. The number of anilines is 2. The Bertz CT molecular complexity index is 1730. The van der Waals surface area contributed by atoms with Crippen LogP contribution in [0.1, 0.15) is 56.9 Å². The third kappa shape index (κ3) is 7.00. The Kier molecular flexibility index (Phi) is 9.11. The lowest BCUT2D eigenvalue weighted by molar-refractivity contribution is -0.141. The molecule has 0 spiro atoms. The van der Waals surface area contributed by atoms with Gasteiger partial charge in [0.25, 0.3) is 5.56 Å². The third-order valence-electron chi connectivity index (χ3n) is 7.64. The molecule has 248 valence electrons. The average molecular weight is 647 g/mol. The molecule has 0 aromatic carbocycles. The Morgan fingerprint density at radius 3 is 2.43 bits per heavy atom. The molecule has 46 heavy (non-hydrogen) atoms. The fourth-order valence-electron chi connectivity index (χ4n) is 5.41. The van der Waals surface area contributed by atoms with Crippen LogP contribution < -0.4 is 15.8 Å². The second-order valence-corrected chi connectivity index (χ2v) is 12.1. The molecular weight excluding hydrogens is 609 g/mol. The van der Waals surface area contributed by atoms with Crippen molar-refractivity contribution in [1.82, 2.24) is 29.0 Å². The number of piperazine rings is 1. The number of hydrogen-bond donors (Lipinski definition) is 1. The number of hydrogen-bond acceptors (Lipinski definition) is 9. The highest BCUT2D eigenvalue weighted by Gasteiger charge is 2.33. The van der Waals surface area contributed by atoms with Crippen molar-refractivity contribution in [3.05, 3.63) is 51.5 Å². The van der Waals surface area contributed by atoms with Gasteiger partial charge in [-0.3, -0.25) is 9.59 Å². The largest absolute Gasteiger partial charge is 0.444 e. The van der Waals surface area contributed by atoms with Crippen molar-refractivity contribution in [2.24, 2.45) is 0 Å². The van der Waals surface area contributed by atoms with Crippen LogP contribution in [0.2, 0.25) is 0 Å². The minimum atomic E-state index is -4.62. The molecule has 3 aromatic heterocycles. The summed E-state index contributed by atoms with van der Waals surface area (Å²) in [5.74, 6) is -0.0653. The van der Waals surface area contributed by atoms with Gasteiger partial charge in [0.05, 0.1) is 30.8 Å². The van der Waals surface area contributed by atoms with Crippen molar-refractivity contribution in [1.29, 1.82) is 0 Å². The van der Waals surface area contributed by atoms with Crippen molar-refractivity contribution in [3.8, 4) is 0 Å². The van der Waals surface area contributed by atoms with Crippen LogP contribution in [-0.2, 0) is 33.4 Å². The highest BCUT2D eigenvalue weighted by molar-refractivity contribution is 5.91. The third-order valence-corrected chi connectivity index (χ3v) is 7.64. The summed E-state index contributed by atoms with van der Waals surface area (Å²) in [4.78, 5) is 51.7. The molecule has 16 heteroatoms. The molecule has 1 N–H and O–H groups in total. The van der Waals surface area contributed by atoms with Crippen molar-refractivity contribution in [3.63, 3.8) is 0 Å². The van der Waals surface area contributed by atoms with Gasteiger partial charge >= 0.3 is 12.3 Å². The van der Waals surface area contributed by atoms with Gasteiger partial charge in [-0.2, -0.15) is 22.7 Å². The van der Waals surface area contributed by atoms with E-state index in [1.54, 1.807) is 30.2 Å². The number of amides is 2. The van der Waals surface area contributed by atoms with E-state index in [1.807, 2.05) is 17.9 Å². The molecule has 1 fully saturated rings. The average Bonchev–Trinajstić information content (AvgIpc) is 3.45. The summed E-state index contributed by atoms with van der Waals surface area (Å²) in [7, 11) is 0. The van der Waals surface area contributed by atoms with Gasteiger partial charge in [-0.15, -0.1) is 5.10 Å². The smallest absolute Gasteiger partial charge is 0.433 e. The van der Waals surface area contributed by atoms with Crippen LogP contribution in [0.5, 0.6) is 0 Å². The predicted molar refractivity (Wildman–Crippen MR) is 163 cm³/mol. The molecule has 5 heterocycles. The number of ether oxygens (including phenoxy) is 2. The fraction of sp³-hybridized carbons (Fsp3) is 0.533. The quantitative estimate of drug-likeness (QED) is 0.426. The number of aromatic nitrogens is 5. The zero-order valence-corrected chi connectivity index (χ0v) is 26.4. The van der Waals surface area contributed by atoms with Crippen molar-refractivity contribution in [2.45, 2.75) is 65.8 Å². The van der Waals surface area contributed by atoms with E-state index in [4.69, 9.17) is 9.47 Å². The summed E-state index contributed by atoms with van der Waals surface area (Å²) in [5, 5.41) is 7.19. The molecule has 5 rings (SSSR count). The Hall–Kier alpha value is -4.47. The molecular formula is C30H37F3N8O5. The zero-order chi connectivity index (χ0) is 33.4. The van der Waals surface area contributed by atoms with Gasteiger partial charge in [-0.05, 0) is 57.7 Å². The normalized spacial score (nSPS) is 16.0. The minimum absolute atomic E-state index is 0.126. The molecule has 0 atom stereocenters. The van der Waals surface area contributed by atoms with Gasteiger partial charge in [0.1, 0.15) is 23.5 Å². The highest BCUT2D eigenvalue weighted by atomic mass is 19.4. The first kappa shape index (κ1) is 32.9. The number of fused-ring (bicyclic) bond motifs is 1. The van der Waals surface area contributed by atoms with Gasteiger partial charge in [0.2, 0.25) is 11.7 Å². The molecule has 0 saturated carbocycles. The molecule has 0 aliphatic carbocycles. The van der Waals surface area contributed by atoms with E-state index >= 15 is 0 Å². The lowest BCUT2D eigenvalue weighted by Gasteiger charge is -2.37. The molecule has 3 aromatic rings. The summed E-state index contributed by atoms with van der Waals surface area (Å²) in [6, 6.07) is 0.867. The molecule has 0 unspecified atom stereocenters. The maximum absolute atomic E-state index is 14.0. The second kappa shape index (κ2) is 12.7. The van der Waals surface area contributed by atoms with Gasteiger partial charge in [0.15, 0.2) is 5.82 Å². The van der Waals surface area contributed by atoms with E-state index in [-0.39, 0.29) is 23.6 Å². The van der Waals surface area contributed by atoms with Crippen LogP contribution in [0.3, 0.4) is 0 Å². The number of nitrogens with one attached hydrogen (secondary N) is 1. The molecule has 2 aliphatic heterocycles. The molecule has 2 aliphatic rings. The first-order valence-corrected chi connectivity index (χ1v) is 15.0. The number of carbonyl (C=O) groups is 2. The standard InChI is InChI=1S/C30H37F3N8O5/c1-6-21-24(38-9-11-39(12-10-38)28(44)46-29(3,4)5)26(43)41-27(36-25(37-41)19-7-13-45-14-8-19)40(21)17-23(42)35-20-16-34-22(15-18(20)2)30(31,32)33/h7,15-16H,6,8-14,17H2,1-5H3,(H,35,42). The number of carbonyl (C=O) groups excluding carboxylic acids is 2. The second-order valence-electron chi connectivity index (χ2n) is 12.1. The first-order chi connectivity index (χ1) is 21.7. The zero-order valence-electron chi connectivity index (χ0n) is 26.4. The SMILES string of the molecule is CCc1c(N2CCN(C(=O)OC(C)(C)C)CC2)c(=O)n2nc(C3=CCOCC3)nc2n1CC(=O)Nc1cnc(C(F)(F)F)cc1C. The van der Waals surface area contributed by atoms with Crippen LogP contribution in [-0.4, -0.2) is 86.0 Å². The van der Waals surface area contributed by atoms with Gasteiger partial charge in [0, 0.05) is 26.2 Å². The number of rotatable bonds is 6. The van der Waals surface area contributed by atoms with Crippen LogP contribution in [0.4, 0.5) is 29.3 Å². The van der Waals surface area contributed by atoms with Gasteiger partial charge in [-0.1, -0.05) is 13.0 Å². The van der Waals surface area contributed by atoms with Crippen LogP contribution in [0.25, 0.3) is 11.4 Å². The van der Waals surface area contributed by atoms with Gasteiger partial charge in [-0.25, -0.2) is 9.78 Å². The number of halogens is 3. The van der Waals surface area contributed by atoms with Crippen molar-refractivity contribution >= 4 is 34.7 Å². The Labute approximate surface area is 263 Å². The lowest BCUT2D eigenvalue weighted by Crippen LogP contribution is -2.51. The predicted octanol–water partition coefficient (Wildman–Crippen LogP) is 3.68. The number of aryl methyl sites for hydroxylation is 1. The van der Waals surface area contributed by atoms with Crippen molar-refractivity contribution in [2.75, 3.05) is 49.6 Å². The molecule has 2 amide bonds. The summed E-state index contributed by atoms with van der Waals surface area (Å²) in [6.45, 7) is 10.5. The van der Waals surface area contributed by atoms with E-state index in [0.717, 1.165) is 17.8 Å². The number of pyridine rings is 1. The van der Waals surface area contributed by atoms with E-state index in [9.17, 15) is 27.6 Å². The molecule has 0 bridgehead atoms. The van der Waals surface area contributed by atoms with Crippen molar-refractivity contribution < 1.29 is 32.2 Å². The van der Waals surface area contributed by atoms with Gasteiger partial charge < -0.3 is 29.2 Å². The summed E-state index contributed by atoms with van der Waals surface area (Å²) < 4.78 is 53.1. The maximum atomic E-state index is 14.0. The summed E-state index contributed by atoms with van der Waals surface area (Å²) in [6.07, 6.45) is -1.35. The topological polar surface area (TPSA) is 136 Å². The van der Waals surface area contributed by atoms with Crippen LogP contribution in [0, 0.1) is 6.92 Å². The Morgan fingerprint density at radius 2 is 1.85 bits per heavy atom. The van der Waals surface area contributed by atoms with E-state index in [1.165, 1.54) is 11.4 Å².